The molecule has 2 N–H and O–H groups in total. The summed E-state index contributed by atoms with van der Waals surface area (Å²) in [6.45, 7) is 0.538. The summed E-state index contributed by atoms with van der Waals surface area (Å²) in [6, 6.07) is 12.9. The zero-order valence-electron chi connectivity index (χ0n) is 19.3. The van der Waals surface area contributed by atoms with E-state index in [1.165, 1.54) is 0 Å². The lowest BCUT2D eigenvalue weighted by molar-refractivity contribution is -0.143. The molecule has 188 valence electrons. The molecule has 0 saturated heterocycles. The van der Waals surface area contributed by atoms with Gasteiger partial charge in [-0.2, -0.15) is 13.2 Å². The number of amides is 1. The molecule has 4 aromatic rings. The van der Waals surface area contributed by atoms with E-state index in [9.17, 15) is 22.8 Å². The molecule has 36 heavy (non-hydrogen) atoms. The van der Waals surface area contributed by atoms with Gasteiger partial charge in [-0.15, -0.1) is 0 Å². The zero-order chi connectivity index (χ0) is 25.4. The number of carboxylic acids is 1. The summed E-state index contributed by atoms with van der Waals surface area (Å²) in [6.07, 6.45) is -0.579. The number of carbonyl (C=O) groups is 2. The number of carboxylic acid groups (broad SMARTS) is 1. The van der Waals surface area contributed by atoms with Gasteiger partial charge in [-0.25, -0.2) is 0 Å². The number of carbonyl (C=O) groups excluding carboxylic acids is 1. The van der Waals surface area contributed by atoms with Gasteiger partial charge in [0.1, 0.15) is 11.3 Å². The lowest BCUT2D eigenvalue weighted by atomic mass is 9.82. The van der Waals surface area contributed by atoms with Gasteiger partial charge in [-0.05, 0) is 61.9 Å². The van der Waals surface area contributed by atoms with Crippen molar-refractivity contribution in [3.05, 3.63) is 71.6 Å². The van der Waals surface area contributed by atoms with Crippen LogP contribution >= 0.6 is 0 Å². The lowest BCUT2D eigenvalue weighted by Gasteiger charge is -2.26. The number of para-hydroxylation sites is 1. The molecular weight excluding hydrogens is 473 g/mol. The minimum atomic E-state index is -4.60. The van der Waals surface area contributed by atoms with Gasteiger partial charge in [-0.1, -0.05) is 18.2 Å². The maximum Gasteiger partial charge on any atom is 0.416 e. The van der Waals surface area contributed by atoms with Crippen molar-refractivity contribution < 1.29 is 32.3 Å². The SMILES string of the molecule is O=C(NCC1CCC(C(=O)O)CC1)c1cc(C(F)(F)F)cc2ccn(Cc3cc4ccccc4o3)c12. The summed E-state index contributed by atoms with van der Waals surface area (Å²) >= 11 is 0. The third-order valence-electron chi connectivity index (χ3n) is 6.98. The smallest absolute Gasteiger partial charge is 0.416 e. The normalized spacial score (nSPS) is 18.5. The van der Waals surface area contributed by atoms with Crippen LogP contribution in [0.2, 0.25) is 0 Å². The molecule has 2 aromatic heterocycles. The van der Waals surface area contributed by atoms with Crippen LogP contribution in [0, 0.1) is 11.8 Å². The number of hydrogen-bond donors (Lipinski definition) is 2. The van der Waals surface area contributed by atoms with Crippen LogP contribution in [0.15, 0.2) is 59.1 Å². The fourth-order valence-corrected chi connectivity index (χ4v) is 5.05. The number of aromatic nitrogens is 1. The molecule has 1 aliphatic rings. The Morgan fingerprint density at radius 1 is 1.03 bits per heavy atom. The number of fused-ring (bicyclic) bond motifs is 2. The average Bonchev–Trinajstić information content (AvgIpc) is 3.45. The number of alkyl halides is 3. The Kier molecular flexibility index (Phi) is 6.24. The monoisotopic (exact) mass is 498 g/mol. The number of rotatable bonds is 6. The predicted octanol–water partition coefficient (Wildman–Crippen LogP) is 6.08. The van der Waals surface area contributed by atoms with Gasteiger partial charge in [0.25, 0.3) is 5.91 Å². The maximum absolute atomic E-state index is 13.6. The lowest BCUT2D eigenvalue weighted by Crippen LogP contribution is -2.32. The number of furan rings is 1. The van der Waals surface area contributed by atoms with E-state index < -0.39 is 23.6 Å². The van der Waals surface area contributed by atoms with Crippen molar-refractivity contribution >= 4 is 33.7 Å². The Labute approximate surface area is 204 Å². The molecule has 5 rings (SSSR count). The molecule has 0 spiro atoms. The number of halogens is 3. The van der Waals surface area contributed by atoms with Crippen molar-refractivity contribution in [3.63, 3.8) is 0 Å². The van der Waals surface area contributed by atoms with Crippen molar-refractivity contribution in [1.82, 2.24) is 9.88 Å². The van der Waals surface area contributed by atoms with Gasteiger partial charge in [0.2, 0.25) is 0 Å². The number of nitrogens with one attached hydrogen (secondary N) is 1. The van der Waals surface area contributed by atoms with E-state index in [4.69, 9.17) is 9.52 Å². The van der Waals surface area contributed by atoms with Gasteiger partial charge < -0.3 is 19.4 Å². The van der Waals surface area contributed by atoms with Crippen LogP contribution in [0.25, 0.3) is 21.9 Å². The van der Waals surface area contributed by atoms with E-state index in [1.807, 2.05) is 30.3 Å². The van der Waals surface area contributed by atoms with Crippen LogP contribution in [0.1, 0.15) is 47.4 Å². The Balaban J connectivity index is 1.42. The summed E-state index contributed by atoms with van der Waals surface area (Å²) in [4.78, 5) is 24.4. The Morgan fingerprint density at radius 3 is 2.47 bits per heavy atom. The Morgan fingerprint density at radius 2 is 1.78 bits per heavy atom. The first kappa shape index (κ1) is 24.0. The first-order valence-electron chi connectivity index (χ1n) is 11.9. The number of nitrogens with zero attached hydrogens (tertiary/aromatic N) is 1. The first-order valence-corrected chi connectivity index (χ1v) is 11.9. The molecule has 6 nitrogen and oxygen atoms in total. The van der Waals surface area contributed by atoms with Gasteiger partial charge in [-0.3, -0.25) is 9.59 Å². The van der Waals surface area contributed by atoms with Crippen molar-refractivity contribution in [2.24, 2.45) is 11.8 Å². The summed E-state index contributed by atoms with van der Waals surface area (Å²) in [7, 11) is 0. The van der Waals surface area contributed by atoms with Gasteiger partial charge in [0.05, 0.1) is 29.1 Å². The molecule has 2 aromatic carbocycles. The van der Waals surface area contributed by atoms with Crippen molar-refractivity contribution in [3.8, 4) is 0 Å². The van der Waals surface area contributed by atoms with Crippen LogP contribution in [-0.4, -0.2) is 28.1 Å². The molecule has 0 radical (unpaired) electrons. The number of hydrogen-bond acceptors (Lipinski definition) is 3. The fourth-order valence-electron chi connectivity index (χ4n) is 5.05. The maximum atomic E-state index is 13.6. The highest BCUT2D eigenvalue weighted by Crippen LogP contribution is 2.35. The highest BCUT2D eigenvalue weighted by Gasteiger charge is 2.33. The second-order valence-corrected chi connectivity index (χ2v) is 9.42. The first-order chi connectivity index (χ1) is 17.2. The van der Waals surface area contributed by atoms with Crippen LogP contribution in [0.4, 0.5) is 13.2 Å². The van der Waals surface area contributed by atoms with Crippen LogP contribution in [-0.2, 0) is 17.5 Å². The third kappa shape index (κ3) is 4.82. The summed E-state index contributed by atoms with van der Waals surface area (Å²) in [5.74, 6) is -1.06. The van der Waals surface area contributed by atoms with Gasteiger partial charge >= 0.3 is 12.1 Å². The van der Waals surface area contributed by atoms with E-state index in [0.717, 1.165) is 17.5 Å². The van der Waals surface area contributed by atoms with E-state index in [1.54, 1.807) is 16.8 Å². The van der Waals surface area contributed by atoms with Gasteiger partial charge in [0.15, 0.2) is 0 Å². The van der Waals surface area contributed by atoms with Crippen molar-refractivity contribution in [2.75, 3.05) is 6.54 Å². The zero-order valence-corrected chi connectivity index (χ0v) is 19.3. The Bertz CT molecular complexity index is 1400. The molecule has 0 aliphatic heterocycles. The molecule has 2 heterocycles. The second-order valence-electron chi connectivity index (χ2n) is 9.42. The molecule has 0 bridgehead atoms. The molecule has 0 unspecified atom stereocenters. The Hall–Kier alpha value is -3.75. The molecule has 1 aliphatic carbocycles. The number of benzene rings is 2. The van der Waals surface area contributed by atoms with E-state index in [2.05, 4.69) is 5.32 Å². The van der Waals surface area contributed by atoms with Gasteiger partial charge in [0, 0.05) is 23.5 Å². The van der Waals surface area contributed by atoms with E-state index in [0.29, 0.717) is 47.9 Å². The minimum absolute atomic E-state index is 0.0554. The standard InChI is InChI=1S/C27H25F3N2O4/c28-27(29,30)20-11-19-9-10-32(15-21-12-18-3-1-2-4-23(18)36-21)24(19)22(13-20)25(33)31-14-16-5-7-17(8-6-16)26(34)35/h1-4,9-13,16-17H,5-8,14-15H2,(H,31,33)(H,34,35). The summed E-state index contributed by atoms with van der Waals surface area (Å²) in [5.41, 5.74) is 0.165. The van der Waals surface area contributed by atoms with Crippen LogP contribution in [0.5, 0.6) is 0 Å². The van der Waals surface area contributed by atoms with E-state index in [-0.39, 0.29) is 30.5 Å². The molecule has 9 heteroatoms. The average molecular weight is 499 g/mol. The van der Waals surface area contributed by atoms with Crippen LogP contribution < -0.4 is 5.32 Å². The third-order valence-corrected chi connectivity index (χ3v) is 6.98. The molecule has 1 amide bonds. The van der Waals surface area contributed by atoms with E-state index >= 15 is 0 Å². The topological polar surface area (TPSA) is 84.5 Å². The minimum Gasteiger partial charge on any atom is -0.481 e. The molecule has 0 atom stereocenters. The summed E-state index contributed by atoms with van der Waals surface area (Å²) in [5, 5.41) is 13.2. The largest absolute Gasteiger partial charge is 0.481 e. The highest BCUT2D eigenvalue weighted by molar-refractivity contribution is 6.06. The van der Waals surface area contributed by atoms with Crippen LogP contribution in [0.3, 0.4) is 0 Å². The predicted molar refractivity (Wildman–Crippen MR) is 128 cm³/mol. The molecular formula is C27H25F3N2O4. The quantitative estimate of drug-likeness (QED) is 0.338. The number of aliphatic carboxylic acids is 1. The highest BCUT2D eigenvalue weighted by atomic mass is 19.4. The molecule has 1 fully saturated rings. The summed E-state index contributed by atoms with van der Waals surface area (Å²) < 4.78 is 48.4. The van der Waals surface area contributed by atoms with Crippen molar-refractivity contribution in [1.29, 1.82) is 0 Å². The van der Waals surface area contributed by atoms with Crippen molar-refractivity contribution in [2.45, 2.75) is 38.4 Å². The second kappa shape index (κ2) is 9.37. The fraction of sp³-hybridized carbons (Fsp3) is 0.333. The molecule has 1 saturated carbocycles.